The van der Waals surface area contributed by atoms with Gasteiger partial charge in [-0.25, -0.2) is 4.98 Å². The van der Waals surface area contributed by atoms with E-state index in [1.807, 2.05) is 18.3 Å². The third-order valence-electron chi connectivity index (χ3n) is 3.64. The number of aromatic nitrogens is 1. The normalized spacial score (nSPS) is 17.2. The van der Waals surface area contributed by atoms with E-state index in [0.717, 1.165) is 61.8 Å². The molecule has 102 valence electrons. The molecule has 1 aliphatic rings. The summed E-state index contributed by atoms with van der Waals surface area (Å²) >= 11 is 5.74. The van der Waals surface area contributed by atoms with Crippen molar-refractivity contribution in [2.75, 3.05) is 43.5 Å². The lowest BCUT2D eigenvalue weighted by molar-refractivity contribution is 0.258. The Bertz CT molecular complexity index is 534. The predicted octanol–water partition coefficient (Wildman–Crippen LogP) is 2.58. The van der Waals surface area contributed by atoms with Crippen LogP contribution in [0.3, 0.4) is 0 Å². The van der Waals surface area contributed by atoms with Gasteiger partial charge >= 0.3 is 0 Å². The van der Waals surface area contributed by atoms with Gasteiger partial charge in [-0.05, 0) is 25.1 Å². The van der Waals surface area contributed by atoms with Crippen LogP contribution in [0.15, 0.2) is 29.0 Å². The molecule has 0 amide bonds. The summed E-state index contributed by atoms with van der Waals surface area (Å²) in [6.45, 7) is 5.28. The highest BCUT2D eigenvalue weighted by atomic mass is 35.5. The van der Waals surface area contributed by atoms with Crippen molar-refractivity contribution in [3.05, 3.63) is 24.6 Å². The average molecular weight is 280 g/mol. The molecule has 1 aliphatic heterocycles. The number of halogens is 1. The molecular weight excluding hydrogens is 262 g/mol. The SMILES string of the molecule is ClCCCN1CCN(c2nccc3occc23)CC1. The summed E-state index contributed by atoms with van der Waals surface area (Å²) in [4.78, 5) is 9.33. The second-order valence-corrected chi connectivity index (χ2v) is 5.22. The molecule has 4 nitrogen and oxygen atoms in total. The highest BCUT2D eigenvalue weighted by Gasteiger charge is 2.19. The summed E-state index contributed by atoms with van der Waals surface area (Å²) in [6.07, 6.45) is 4.62. The summed E-state index contributed by atoms with van der Waals surface area (Å²) < 4.78 is 5.43. The van der Waals surface area contributed by atoms with Crippen molar-refractivity contribution >= 4 is 28.4 Å². The largest absolute Gasteiger partial charge is 0.464 e. The maximum Gasteiger partial charge on any atom is 0.139 e. The van der Waals surface area contributed by atoms with Gasteiger partial charge in [0.2, 0.25) is 0 Å². The molecule has 5 heteroatoms. The maximum absolute atomic E-state index is 5.74. The lowest BCUT2D eigenvalue weighted by Crippen LogP contribution is -2.47. The zero-order chi connectivity index (χ0) is 13.1. The molecule has 3 heterocycles. The van der Waals surface area contributed by atoms with Crippen molar-refractivity contribution < 1.29 is 4.42 Å². The molecule has 0 aromatic carbocycles. The topological polar surface area (TPSA) is 32.5 Å². The van der Waals surface area contributed by atoms with Gasteiger partial charge in [0.15, 0.2) is 0 Å². The molecule has 1 fully saturated rings. The van der Waals surface area contributed by atoms with Crippen molar-refractivity contribution in [3.63, 3.8) is 0 Å². The number of alkyl halides is 1. The standard InChI is InChI=1S/C14H18ClN3O/c15-4-1-6-17-7-9-18(10-8-17)14-12-3-11-19-13(12)2-5-16-14/h2-3,5,11H,1,4,6-10H2. The second-order valence-electron chi connectivity index (χ2n) is 4.84. The monoisotopic (exact) mass is 279 g/mol. The highest BCUT2D eigenvalue weighted by molar-refractivity contribution is 6.17. The molecule has 19 heavy (non-hydrogen) atoms. The lowest BCUT2D eigenvalue weighted by Gasteiger charge is -2.35. The molecule has 0 spiro atoms. The Morgan fingerprint density at radius 3 is 2.84 bits per heavy atom. The molecule has 0 aliphatic carbocycles. The zero-order valence-corrected chi connectivity index (χ0v) is 11.6. The van der Waals surface area contributed by atoms with E-state index in [9.17, 15) is 0 Å². The van der Waals surface area contributed by atoms with Crippen LogP contribution < -0.4 is 4.90 Å². The van der Waals surface area contributed by atoms with E-state index >= 15 is 0 Å². The number of hydrogen-bond donors (Lipinski definition) is 0. The van der Waals surface area contributed by atoms with Gasteiger partial charge in [-0.2, -0.15) is 0 Å². The molecule has 3 rings (SSSR count). The molecule has 2 aromatic heterocycles. The van der Waals surface area contributed by atoms with Crippen LogP contribution in [0.5, 0.6) is 0 Å². The van der Waals surface area contributed by atoms with Crippen molar-refractivity contribution in [2.45, 2.75) is 6.42 Å². The molecule has 0 bridgehead atoms. The minimum atomic E-state index is 0.746. The van der Waals surface area contributed by atoms with E-state index < -0.39 is 0 Å². The number of anilines is 1. The van der Waals surface area contributed by atoms with Crippen LogP contribution in [-0.4, -0.2) is 48.5 Å². The minimum absolute atomic E-state index is 0.746. The van der Waals surface area contributed by atoms with Crippen molar-refractivity contribution in [2.24, 2.45) is 0 Å². The minimum Gasteiger partial charge on any atom is -0.464 e. The van der Waals surface area contributed by atoms with Crippen LogP contribution in [0.2, 0.25) is 0 Å². The molecule has 1 saturated heterocycles. The Balaban J connectivity index is 1.69. The van der Waals surface area contributed by atoms with Gasteiger partial charge in [0.25, 0.3) is 0 Å². The number of pyridine rings is 1. The number of nitrogens with zero attached hydrogens (tertiary/aromatic N) is 3. The first-order valence-electron chi connectivity index (χ1n) is 6.74. The summed E-state index contributed by atoms with van der Waals surface area (Å²) in [7, 11) is 0. The van der Waals surface area contributed by atoms with Crippen LogP contribution in [0.1, 0.15) is 6.42 Å². The van der Waals surface area contributed by atoms with Crippen LogP contribution in [0.4, 0.5) is 5.82 Å². The van der Waals surface area contributed by atoms with Crippen molar-refractivity contribution in [1.82, 2.24) is 9.88 Å². The van der Waals surface area contributed by atoms with E-state index in [4.69, 9.17) is 16.0 Å². The van der Waals surface area contributed by atoms with Gasteiger partial charge in [0.1, 0.15) is 11.4 Å². The molecule has 0 radical (unpaired) electrons. The smallest absolute Gasteiger partial charge is 0.139 e. The number of furan rings is 1. The molecule has 0 saturated carbocycles. The summed E-state index contributed by atoms with van der Waals surface area (Å²) in [6, 6.07) is 3.91. The molecule has 0 atom stereocenters. The second kappa shape index (κ2) is 5.80. The van der Waals surface area contributed by atoms with Gasteiger partial charge in [-0.15, -0.1) is 11.6 Å². The van der Waals surface area contributed by atoms with Gasteiger partial charge in [-0.1, -0.05) is 0 Å². The fourth-order valence-electron chi connectivity index (χ4n) is 2.60. The number of hydrogen-bond acceptors (Lipinski definition) is 4. The third-order valence-corrected chi connectivity index (χ3v) is 3.91. The van der Waals surface area contributed by atoms with Crippen LogP contribution >= 0.6 is 11.6 Å². The summed E-state index contributed by atoms with van der Waals surface area (Å²) in [5.41, 5.74) is 0.912. The van der Waals surface area contributed by atoms with Crippen LogP contribution in [0.25, 0.3) is 11.0 Å². The number of rotatable bonds is 4. The lowest BCUT2D eigenvalue weighted by atomic mass is 10.2. The Labute approximate surface area is 117 Å². The van der Waals surface area contributed by atoms with Gasteiger partial charge in [-0.3, -0.25) is 4.90 Å². The van der Waals surface area contributed by atoms with Crippen molar-refractivity contribution in [3.8, 4) is 0 Å². The first kappa shape index (κ1) is 12.8. The predicted molar refractivity (Wildman–Crippen MR) is 78.0 cm³/mol. The van der Waals surface area contributed by atoms with Gasteiger partial charge < -0.3 is 9.32 Å². The summed E-state index contributed by atoms with van der Waals surface area (Å²) in [5, 5.41) is 1.11. The van der Waals surface area contributed by atoms with Gasteiger partial charge in [0, 0.05) is 38.3 Å². The van der Waals surface area contributed by atoms with Gasteiger partial charge in [0.05, 0.1) is 11.6 Å². The maximum atomic E-state index is 5.74. The van der Waals surface area contributed by atoms with E-state index in [1.54, 1.807) is 6.26 Å². The third kappa shape index (κ3) is 2.69. The number of piperazine rings is 1. The Kier molecular flexibility index (Phi) is 3.89. The molecular formula is C14H18ClN3O. The quantitative estimate of drug-likeness (QED) is 0.806. The fraction of sp³-hybridized carbons (Fsp3) is 0.500. The van der Waals surface area contributed by atoms with Crippen LogP contribution in [-0.2, 0) is 0 Å². The molecule has 0 N–H and O–H groups in total. The molecule has 0 unspecified atom stereocenters. The first-order chi connectivity index (χ1) is 9.38. The Hall–Kier alpha value is -1.26. The number of fused-ring (bicyclic) bond motifs is 1. The van der Waals surface area contributed by atoms with Crippen LogP contribution in [0, 0.1) is 0 Å². The zero-order valence-electron chi connectivity index (χ0n) is 10.9. The van der Waals surface area contributed by atoms with E-state index in [2.05, 4.69) is 14.8 Å². The summed E-state index contributed by atoms with van der Waals surface area (Å²) in [5.74, 6) is 1.79. The molecule has 2 aromatic rings. The van der Waals surface area contributed by atoms with E-state index in [0.29, 0.717) is 0 Å². The average Bonchev–Trinajstić information content (AvgIpc) is 2.94. The highest BCUT2D eigenvalue weighted by Crippen LogP contribution is 2.25. The Morgan fingerprint density at radius 2 is 2.05 bits per heavy atom. The van der Waals surface area contributed by atoms with E-state index in [-0.39, 0.29) is 0 Å². The van der Waals surface area contributed by atoms with E-state index in [1.165, 1.54) is 0 Å². The Morgan fingerprint density at radius 1 is 1.21 bits per heavy atom. The van der Waals surface area contributed by atoms with Crippen molar-refractivity contribution in [1.29, 1.82) is 0 Å². The fourth-order valence-corrected chi connectivity index (χ4v) is 2.72. The first-order valence-corrected chi connectivity index (χ1v) is 7.27.